The minimum atomic E-state index is -0.155. The van der Waals surface area contributed by atoms with Gasteiger partial charge in [0.2, 0.25) is 11.9 Å². The molecule has 28 heavy (non-hydrogen) atoms. The number of para-hydroxylation sites is 1. The first kappa shape index (κ1) is 19.6. The molecule has 0 unspecified atom stereocenters. The number of benzene rings is 1. The van der Waals surface area contributed by atoms with E-state index in [4.69, 9.17) is 4.74 Å². The summed E-state index contributed by atoms with van der Waals surface area (Å²) in [6.45, 7) is 4.82. The maximum absolute atomic E-state index is 12.4. The standard InChI is InChI=1S/C20H25N5O3/c1-14-12-15(2)22-20(21-14)24-23-19(27)16-8-10-25(11-9-16)18(26)13-28-17-6-4-3-5-7-17/h3-7,12,16H,8-11,13H2,1-2H3,(H,23,27)(H,21,22,24). The van der Waals surface area contributed by atoms with Gasteiger partial charge in [-0.3, -0.25) is 20.4 Å². The van der Waals surface area contributed by atoms with Gasteiger partial charge in [-0.25, -0.2) is 9.97 Å². The summed E-state index contributed by atoms with van der Waals surface area (Å²) in [6.07, 6.45) is 1.22. The largest absolute Gasteiger partial charge is 0.484 e. The smallest absolute Gasteiger partial charge is 0.260 e. The Morgan fingerprint density at radius 1 is 1.11 bits per heavy atom. The van der Waals surface area contributed by atoms with Gasteiger partial charge in [-0.15, -0.1) is 0 Å². The van der Waals surface area contributed by atoms with Crippen LogP contribution in [0.4, 0.5) is 5.95 Å². The number of nitrogens with one attached hydrogen (secondary N) is 2. The Kier molecular flexibility index (Phi) is 6.41. The zero-order valence-electron chi connectivity index (χ0n) is 16.1. The third-order valence-corrected chi connectivity index (χ3v) is 4.60. The van der Waals surface area contributed by atoms with Gasteiger partial charge in [0.1, 0.15) is 5.75 Å². The van der Waals surface area contributed by atoms with Crippen molar-refractivity contribution in [3.63, 3.8) is 0 Å². The van der Waals surface area contributed by atoms with Crippen LogP contribution in [0.3, 0.4) is 0 Å². The van der Waals surface area contributed by atoms with E-state index in [0.717, 1.165) is 11.4 Å². The summed E-state index contributed by atoms with van der Waals surface area (Å²) in [5.74, 6) is 0.707. The van der Waals surface area contributed by atoms with Gasteiger partial charge in [-0.1, -0.05) is 18.2 Å². The molecule has 1 aliphatic heterocycles. The van der Waals surface area contributed by atoms with E-state index in [2.05, 4.69) is 20.8 Å². The molecule has 2 aromatic rings. The van der Waals surface area contributed by atoms with Gasteiger partial charge in [0.25, 0.3) is 5.91 Å². The van der Waals surface area contributed by atoms with E-state index < -0.39 is 0 Å². The molecule has 1 fully saturated rings. The number of aromatic nitrogens is 2. The van der Waals surface area contributed by atoms with Crippen molar-refractivity contribution in [1.29, 1.82) is 0 Å². The number of ether oxygens (including phenoxy) is 1. The Labute approximate surface area is 164 Å². The zero-order valence-corrected chi connectivity index (χ0v) is 16.1. The third-order valence-electron chi connectivity index (χ3n) is 4.60. The van der Waals surface area contributed by atoms with Gasteiger partial charge < -0.3 is 9.64 Å². The number of hydrazine groups is 1. The van der Waals surface area contributed by atoms with Crippen molar-refractivity contribution in [2.45, 2.75) is 26.7 Å². The summed E-state index contributed by atoms with van der Waals surface area (Å²) >= 11 is 0. The molecule has 0 aliphatic carbocycles. The molecule has 0 atom stereocenters. The van der Waals surface area contributed by atoms with Crippen LogP contribution in [0.2, 0.25) is 0 Å². The molecule has 2 heterocycles. The minimum Gasteiger partial charge on any atom is -0.484 e. The van der Waals surface area contributed by atoms with E-state index in [9.17, 15) is 9.59 Å². The molecule has 0 radical (unpaired) electrons. The lowest BCUT2D eigenvalue weighted by Gasteiger charge is -2.31. The normalized spacial score (nSPS) is 14.4. The number of likely N-dealkylation sites (tertiary alicyclic amines) is 1. The number of aryl methyl sites for hydroxylation is 2. The molecular formula is C20H25N5O3. The Bertz CT molecular complexity index is 800. The first-order valence-corrected chi connectivity index (χ1v) is 9.35. The lowest BCUT2D eigenvalue weighted by molar-refractivity contribution is -0.137. The van der Waals surface area contributed by atoms with Gasteiger partial charge in [-0.05, 0) is 44.9 Å². The second-order valence-corrected chi connectivity index (χ2v) is 6.85. The molecule has 1 aromatic carbocycles. The van der Waals surface area contributed by atoms with E-state index in [1.54, 1.807) is 4.90 Å². The predicted octanol–water partition coefficient (Wildman–Crippen LogP) is 1.85. The monoisotopic (exact) mass is 383 g/mol. The average molecular weight is 383 g/mol. The number of amides is 2. The Hall–Kier alpha value is -3.16. The lowest BCUT2D eigenvalue weighted by Crippen LogP contribution is -2.45. The predicted molar refractivity (Wildman–Crippen MR) is 105 cm³/mol. The Balaban J connectivity index is 1.41. The Morgan fingerprint density at radius 3 is 2.39 bits per heavy atom. The van der Waals surface area contributed by atoms with Crippen LogP contribution < -0.4 is 15.6 Å². The van der Waals surface area contributed by atoms with Crippen LogP contribution in [0.15, 0.2) is 36.4 Å². The van der Waals surface area contributed by atoms with Crippen molar-refractivity contribution in [3.8, 4) is 5.75 Å². The van der Waals surface area contributed by atoms with Crippen LogP contribution in [0.25, 0.3) is 0 Å². The lowest BCUT2D eigenvalue weighted by atomic mass is 9.96. The average Bonchev–Trinajstić information content (AvgIpc) is 2.70. The summed E-state index contributed by atoms with van der Waals surface area (Å²) in [6, 6.07) is 11.1. The van der Waals surface area contributed by atoms with Gasteiger partial charge in [-0.2, -0.15) is 0 Å². The zero-order chi connectivity index (χ0) is 19.9. The summed E-state index contributed by atoms with van der Waals surface area (Å²) in [4.78, 5) is 34.9. The number of rotatable bonds is 6. The molecule has 2 amide bonds. The fourth-order valence-electron chi connectivity index (χ4n) is 3.15. The number of nitrogens with zero attached hydrogens (tertiary/aromatic N) is 3. The van der Waals surface area contributed by atoms with Crippen LogP contribution in [0, 0.1) is 19.8 Å². The van der Waals surface area contributed by atoms with Crippen molar-refractivity contribution in [2.75, 3.05) is 25.1 Å². The first-order valence-electron chi connectivity index (χ1n) is 9.35. The molecule has 8 nitrogen and oxygen atoms in total. The maximum atomic E-state index is 12.4. The number of anilines is 1. The highest BCUT2D eigenvalue weighted by Gasteiger charge is 2.27. The minimum absolute atomic E-state index is 0.00643. The van der Waals surface area contributed by atoms with Crippen LogP contribution in [-0.4, -0.2) is 46.4 Å². The number of hydrogen-bond donors (Lipinski definition) is 2. The number of hydrogen-bond acceptors (Lipinski definition) is 6. The van der Waals surface area contributed by atoms with E-state index >= 15 is 0 Å². The van der Waals surface area contributed by atoms with E-state index in [-0.39, 0.29) is 24.3 Å². The summed E-state index contributed by atoms with van der Waals surface area (Å²) < 4.78 is 5.51. The number of carbonyl (C=O) groups excluding carboxylic acids is 2. The van der Waals surface area contributed by atoms with Gasteiger partial charge in [0.05, 0.1) is 0 Å². The second-order valence-electron chi connectivity index (χ2n) is 6.85. The van der Waals surface area contributed by atoms with E-state index in [0.29, 0.717) is 37.6 Å². The number of carbonyl (C=O) groups is 2. The summed E-state index contributed by atoms with van der Waals surface area (Å²) in [5, 5.41) is 0. The number of piperidine rings is 1. The molecule has 0 bridgehead atoms. The van der Waals surface area contributed by atoms with Crippen LogP contribution >= 0.6 is 0 Å². The molecular weight excluding hydrogens is 358 g/mol. The molecule has 2 N–H and O–H groups in total. The van der Waals surface area contributed by atoms with Crippen molar-refractivity contribution < 1.29 is 14.3 Å². The quantitative estimate of drug-likeness (QED) is 0.739. The first-order chi connectivity index (χ1) is 13.5. The van der Waals surface area contributed by atoms with E-state index in [1.807, 2.05) is 50.2 Å². The van der Waals surface area contributed by atoms with Crippen molar-refractivity contribution in [2.24, 2.45) is 5.92 Å². The highest BCUT2D eigenvalue weighted by molar-refractivity contribution is 5.81. The molecule has 1 aromatic heterocycles. The van der Waals surface area contributed by atoms with Gasteiger partial charge >= 0.3 is 0 Å². The molecule has 0 spiro atoms. The third kappa shape index (κ3) is 5.42. The topological polar surface area (TPSA) is 96.5 Å². The summed E-state index contributed by atoms with van der Waals surface area (Å²) in [5.41, 5.74) is 7.10. The SMILES string of the molecule is Cc1cc(C)nc(NNC(=O)C2CCN(C(=O)COc3ccccc3)CC2)n1. The second kappa shape index (κ2) is 9.16. The highest BCUT2D eigenvalue weighted by atomic mass is 16.5. The molecule has 148 valence electrons. The van der Waals surface area contributed by atoms with Crippen molar-refractivity contribution in [1.82, 2.24) is 20.3 Å². The van der Waals surface area contributed by atoms with Gasteiger partial charge in [0.15, 0.2) is 6.61 Å². The maximum Gasteiger partial charge on any atom is 0.260 e. The molecule has 8 heteroatoms. The van der Waals surface area contributed by atoms with Crippen LogP contribution in [-0.2, 0) is 9.59 Å². The molecule has 1 aliphatic rings. The van der Waals surface area contributed by atoms with Crippen molar-refractivity contribution in [3.05, 3.63) is 47.8 Å². The van der Waals surface area contributed by atoms with Crippen molar-refractivity contribution >= 4 is 17.8 Å². The molecule has 0 saturated carbocycles. The fraction of sp³-hybridized carbons (Fsp3) is 0.400. The Morgan fingerprint density at radius 2 is 1.75 bits per heavy atom. The van der Waals surface area contributed by atoms with Gasteiger partial charge in [0, 0.05) is 30.4 Å². The van der Waals surface area contributed by atoms with E-state index in [1.165, 1.54) is 0 Å². The highest BCUT2D eigenvalue weighted by Crippen LogP contribution is 2.18. The fourth-order valence-corrected chi connectivity index (χ4v) is 3.15. The van der Waals surface area contributed by atoms with Crippen LogP contribution in [0.1, 0.15) is 24.2 Å². The molecule has 3 rings (SSSR count). The molecule has 1 saturated heterocycles. The summed E-state index contributed by atoms with van der Waals surface area (Å²) in [7, 11) is 0. The van der Waals surface area contributed by atoms with Crippen LogP contribution in [0.5, 0.6) is 5.75 Å².